The van der Waals surface area contributed by atoms with Gasteiger partial charge >= 0.3 is 0 Å². The molecular weight excluding hydrogens is 540 g/mol. The Kier molecular flexibility index (Phi) is 6.87. The second-order valence-electron chi connectivity index (χ2n) is 8.30. The van der Waals surface area contributed by atoms with Crippen molar-refractivity contribution in [3.8, 4) is 34.3 Å². The number of nitrogens with one attached hydrogen (secondary N) is 2. The summed E-state index contributed by atoms with van der Waals surface area (Å²) in [4.78, 5) is 33.6. The Morgan fingerprint density at radius 1 is 1.19 bits per heavy atom. The van der Waals surface area contributed by atoms with Gasteiger partial charge < -0.3 is 20.1 Å². The second-order valence-corrected chi connectivity index (χ2v) is 9.15. The van der Waals surface area contributed by atoms with Gasteiger partial charge in [-0.3, -0.25) is 14.3 Å². The Morgan fingerprint density at radius 2 is 2.03 bits per heavy atom. The number of ether oxygens (including phenoxy) is 2. The monoisotopic (exact) mass is 562 g/mol. The van der Waals surface area contributed by atoms with E-state index in [2.05, 4.69) is 41.6 Å². The van der Waals surface area contributed by atoms with Gasteiger partial charge in [-0.2, -0.15) is 5.10 Å². The zero-order chi connectivity index (χ0) is 25.9. The molecule has 0 radical (unpaired) electrons. The number of benzene rings is 2. The Labute approximate surface area is 221 Å². The molecule has 4 aromatic rings. The molecule has 37 heavy (non-hydrogen) atoms. The largest absolute Gasteiger partial charge is 0.493 e. The highest BCUT2D eigenvalue weighted by molar-refractivity contribution is 9.10. The van der Waals surface area contributed by atoms with Crippen molar-refractivity contribution in [3.05, 3.63) is 70.5 Å². The van der Waals surface area contributed by atoms with Gasteiger partial charge in [0.05, 0.1) is 23.8 Å². The summed E-state index contributed by atoms with van der Waals surface area (Å²) < 4.78 is 13.6. The molecule has 0 bridgehead atoms. The van der Waals surface area contributed by atoms with Crippen LogP contribution in [0.4, 0.5) is 5.69 Å². The lowest BCUT2D eigenvalue weighted by Crippen LogP contribution is -2.35. The molecule has 1 aliphatic rings. The molecule has 0 aliphatic carbocycles. The van der Waals surface area contributed by atoms with Crippen molar-refractivity contribution >= 4 is 33.4 Å². The minimum atomic E-state index is -0.292. The fourth-order valence-electron chi connectivity index (χ4n) is 3.93. The van der Waals surface area contributed by atoms with Crippen molar-refractivity contribution in [2.75, 3.05) is 25.6 Å². The Morgan fingerprint density at radius 3 is 2.81 bits per heavy atom. The zero-order valence-electron chi connectivity index (χ0n) is 20.1. The Hall–Kier alpha value is -4.25. The Bertz CT molecular complexity index is 1500. The summed E-state index contributed by atoms with van der Waals surface area (Å²) in [6, 6.07) is 14.5. The first-order chi connectivity index (χ1) is 17.9. The SMILES string of the molecule is COc1cc(-c2nccc(-c3cc4n(n3)CCNC4=O)n2)cc(Br)c1OCC(=O)Nc1ccccc1C. The summed E-state index contributed by atoms with van der Waals surface area (Å²) in [5, 5.41) is 10.2. The van der Waals surface area contributed by atoms with E-state index in [0.29, 0.717) is 57.5 Å². The van der Waals surface area contributed by atoms with Gasteiger partial charge in [0.2, 0.25) is 0 Å². The van der Waals surface area contributed by atoms with Crippen LogP contribution < -0.4 is 20.1 Å². The smallest absolute Gasteiger partial charge is 0.269 e. The summed E-state index contributed by atoms with van der Waals surface area (Å²) in [6.45, 7) is 2.86. The molecule has 1 aliphatic heterocycles. The van der Waals surface area contributed by atoms with Crippen molar-refractivity contribution in [1.82, 2.24) is 25.1 Å². The number of anilines is 1. The number of carbonyl (C=O) groups is 2. The molecular formula is C26H23BrN6O4. The molecule has 2 aromatic carbocycles. The summed E-state index contributed by atoms with van der Waals surface area (Å²) in [7, 11) is 1.52. The van der Waals surface area contributed by atoms with E-state index in [4.69, 9.17) is 9.47 Å². The van der Waals surface area contributed by atoms with Gasteiger partial charge in [0.1, 0.15) is 11.4 Å². The van der Waals surface area contributed by atoms with E-state index in [1.165, 1.54) is 7.11 Å². The number of methoxy groups -OCH3 is 1. The first-order valence-corrected chi connectivity index (χ1v) is 12.3. The number of halogens is 1. The second kappa shape index (κ2) is 10.4. The number of rotatable bonds is 7. The van der Waals surface area contributed by atoms with Crippen LogP contribution in [0.25, 0.3) is 22.8 Å². The number of amides is 2. The number of carbonyl (C=O) groups excluding carboxylic acids is 2. The van der Waals surface area contributed by atoms with Crippen LogP contribution in [0.5, 0.6) is 11.5 Å². The molecule has 188 valence electrons. The van der Waals surface area contributed by atoms with Crippen molar-refractivity contribution in [2.24, 2.45) is 0 Å². The summed E-state index contributed by atoms with van der Waals surface area (Å²) >= 11 is 3.52. The molecule has 0 unspecified atom stereocenters. The third-order valence-electron chi connectivity index (χ3n) is 5.79. The molecule has 2 amide bonds. The van der Waals surface area contributed by atoms with Crippen molar-refractivity contribution in [2.45, 2.75) is 13.5 Å². The topological polar surface area (TPSA) is 120 Å². The maximum Gasteiger partial charge on any atom is 0.269 e. The highest BCUT2D eigenvalue weighted by Gasteiger charge is 2.21. The van der Waals surface area contributed by atoms with Crippen LogP contribution in [0.3, 0.4) is 0 Å². The van der Waals surface area contributed by atoms with Crippen LogP contribution in [0.15, 0.2) is 59.2 Å². The number of aryl methyl sites for hydroxylation is 1. The van der Waals surface area contributed by atoms with E-state index in [-0.39, 0.29) is 18.4 Å². The molecule has 0 atom stereocenters. The van der Waals surface area contributed by atoms with Gasteiger partial charge in [-0.25, -0.2) is 9.97 Å². The minimum absolute atomic E-state index is 0.156. The van der Waals surface area contributed by atoms with Gasteiger partial charge in [-0.1, -0.05) is 18.2 Å². The fourth-order valence-corrected chi connectivity index (χ4v) is 4.48. The molecule has 2 N–H and O–H groups in total. The molecule has 11 heteroatoms. The lowest BCUT2D eigenvalue weighted by molar-refractivity contribution is -0.118. The van der Waals surface area contributed by atoms with E-state index in [1.807, 2.05) is 31.2 Å². The highest BCUT2D eigenvalue weighted by Crippen LogP contribution is 2.39. The predicted molar refractivity (Wildman–Crippen MR) is 141 cm³/mol. The summed E-state index contributed by atoms with van der Waals surface area (Å²) in [6.07, 6.45) is 1.64. The molecule has 0 saturated heterocycles. The van der Waals surface area contributed by atoms with Gasteiger partial charge in [-0.15, -0.1) is 0 Å². The maximum absolute atomic E-state index is 12.5. The predicted octanol–water partition coefficient (Wildman–Crippen LogP) is 3.85. The first-order valence-electron chi connectivity index (χ1n) is 11.5. The number of aromatic nitrogens is 4. The molecule has 10 nitrogen and oxygen atoms in total. The van der Waals surface area contributed by atoms with E-state index in [0.717, 1.165) is 11.3 Å². The van der Waals surface area contributed by atoms with Gasteiger partial charge in [0, 0.05) is 24.0 Å². The van der Waals surface area contributed by atoms with Crippen LogP contribution in [-0.2, 0) is 11.3 Å². The third-order valence-corrected chi connectivity index (χ3v) is 6.38. The van der Waals surface area contributed by atoms with Crippen LogP contribution in [-0.4, -0.2) is 51.8 Å². The minimum Gasteiger partial charge on any atom is -0.493 e. The average molecular weight is 563 g/mol. The highest BCUT2D eigenvalue weighted by atomic mass is 79.9. The quantitative estimate of drug-likeness (QED) is 0.351. The summed E-state index contributed by atoms with van der Waals surface area (Å²) in [5.74, 6) is 0.790. The summed E-state index contributed by atoms with van der Waals surface area (Å²) in [5.41, 5.74) is 4.03. The lowest BCUT2D eigenvalue weighted by Gasteiger charge is -2.14. The van der Waals surface area contributed by atoms with Crippen molar-refractivity contribution in [1.29, 1.82) is 0 Å². The van der Waals surface area contributed by atoms with Crippen LogP contribution >= 0.6 is 15.9 Å². The van der Waals surface area contributed by atoms with Gasteiger partial charge in [0.15, 0.2) is 23.9 Å². The fraction of sp³-hybridized carbons (Fsp3) is 0.192. The van der Waals surface area contributed by atoms with Crippen LogP contribution in [0.1, 0.15) is 16.1 Å². The normalized spacial score (nSPS) is 12.5. The van der Waals surface area contributed by atoms with Gasteiger partial charge in [0.25, 0.3) is 11.8 Å². The van der Waals surface area contributed by atoms with E-state index in [1.54, 1.807) is 35.1 Å². The lowest BCUT2D eigenvalue weighted by atomic mass is 10.1. The van der Waals surface area contributed by atoms with Crippen molar-refractivity contribution in [3.63, 3.8) is 0 Å². The molecule has 2 aromatic heterocycles. The van der Waals surface area contributed by atoms with E-state index < -0.39 is 0 Å². The number of nitrogens with zero attached hydrogens (tertiary/aromatic N) is 4. The van der Waals surface area contributed by atoms with Gasteiger partial charge in [-0.05, 0) is 58.7 Å². The van der Waals surface area contributed by atoms with Crippen LogP contribution in [0, 0.1) is 6.92 Å². The number of hydrogen-bond donors (Lipinski definition) is 2. The molecule has 0 saturated carbocycles. The number of para-hydroxylation sites is 1. The van der Waals surface area contributed by atoms with E-state index >= 15 is 0 Å². The Balaban J connectivity index is 1.36. The average Bonchev–Trinajstić information content (AvgIpc) is 3.35. The molecule has 0 fully saturated rings. The van der Waals surface area contributed by atoms with Crippen molar-refractivity contribution < 1.29 is 19.1 Å². The molecule has 3 heterocycles. The maximum atomic E-state index is 12.5. The third kappa shape index (κ3) is 5.17. The zero-order valence-corrected chi connectivity index (χ0v) is 21.7. The standard InChI is InChI=1S/C26H23BrN6O4/c1-15-5-3-4-6-18(15)30-23(34)14-37-24-17(27)11-16(12-22(24)36-2)25-28-8-7-19(31-25)20-13-21-26(35)29-9-10-33(21)32-20/h3-8,11-13H,9-10,14H2,1-2H3,(H,29,35)(H,30,34). The number of hydrogen-bond acceptors (Lipinski definition) is 7. The van der Waals surface area contributed by atoms with E-state index in [9.17, 15) is 9.59 Å². The first kappa shape index (κ1) is 24.4. The number of fused-ring (bicyclic) bond motifs is 1. The molecule has 5 rings (SSSR count). The van der Waals surface area contributed by atoms with Crippen LogP contribution in [0.2, 0.25) is 0 Å². The molecule has 0 spiro atoms.